The Morgan fingerprint density at radius 1 is 1.07 bits per heavy atom. The first-order valence-corrected chi connectivity index (χ1v) is 13.7. The molecular weight excluding hydrogens is 599 g/mol. The molecule has 0 saturated heterocycles. The molecule has 1 amide bonds. The zero-order valence-corrected chi connectivity index (χ0v) is 25.3. The van der Waals surface area contributed by atoms with Crippen molar-refractivity contribution in [2.75, 3.05) is 38.4 Å². The summed E-state index contributed by atoms with van der Waals surface area (Å²) in [5.74, 6) is 0.310. The number of halogens is 4. The predicted octanol–water partition coefficient (Wildman–Crippen LogP) is 7.13. The third-order valence-electron chi connectivity index (χ3n) is 6.33. The Hall–Kier alpha value is -4.39. The molecule has 0 unspecified atom stereocenters. The lowest BCUT2D eigenvalue weighted by Gasteiger charge is -2.24. The van der Waals surface area contributed by atoms with E-state index in [4.69, 9.17) is 21.1 Å². The molecular formula is C31H31ClF3N5O4. The quantitative estimate of drug-likeness (QED) is 0.159. The van der Waals surface area contributed by atoms with Crippen LogP contribution in [0.3, 0.4) is 0 Å². The SMILES string of the molecule is COc1cc2ncnc(Nc3cc(Cl)c(Oc4cccc(C(F)(F)F)c4)cc3C(C)(C)O)c2cc1NC(=O)C=CCN(C)C. The van der Waals surface area contributed by atoms with Crippen LogP contribution in [0.1, 0.15) is 25.0 Å². The number of amides is 1. The Balaban J connectivity index is 1.72. The van der Waals surface area contributed by atoms with Crippen LogP contribution in [0.4, 0.5) is 30.4 Å². The third kappa shape index (κ3) is 7.95. The molecule has 0 fully saturated rings. The number of benzene rings is 3. The minimum Gasteiger partial charge on any atom is -0.494 e. The minimum atomic E-state index is -4.55. The fourth-order valence-corrected chi connectivity index (χ4v) is 4.43. The van der Waals surface area contributed by atoms with E-state index in [1.54, 1.807) is 18.2 Å². The fourth-order valence-electron chi connectivity index (χ4n) is 4.23. The standard InChI is InChI=1S/C31H31ClF3N5O4/c1-30(2,42)21-14-26(44-19-9-6-8-18(12-19)31(33,34)35)22(32)15-24(21)39-29-20-13-25(38-28(41)10-7-11-40(3)4)27(43-5)16-23(20)36-17-37-29/h6-10,12-17,42H,11H2,1-5H3,(H,38,41)(H,36,37,39). The molecule has 0 atom stereocenters. The number of ether oxygens (including phenoxy) is 2. The van der Waals surface area contributed by atoms with Gasteiger partial charge in [-0.15, -0.1) is 0 Å². The second-order valence-corrected chi connectivity index (χ2v) is 11.0. The van der Waals surface area contributed by atoms with Gasteiger partial charge in [0.25, 0.3) is 0 Å². The highest BCUT2D eigenvalue weighted by Crippen LogP contribution is 2.41. The normalized spacial score (nSPS) is 12.2. The van der Waals surface area contributed by atoms with Crippen molar-refractivity contribution in [3.8, 4) is 17.2 Å². The van der Waals surface area contributed by atoms with Gasteiger partial charge in [0.15, 0.2) is 0 Å². The van der Waals surface area contributed by atoms with Gasteiger partial charge >= 0.3 is 6.18 Å². The van der Waals surface area contributed by atoms with E-state index in [1.807, 2.05) is 19.0 Å². The highest BCUT2D eigenvalue weighted by Gasteiger charge is 2.31. The van der Waals surface area contributed by atoms with Crippen molar-refractivity contribution in [3.63, 3.8) is 0 Å². The molecule has 232 valence electrons. The van der Waals surface area contributed by atoms with E-state index in [0.717, 1.165) is 12.1 Å². The van der Waals surface area contributed by atoms with Crippen molar-refractivity contribution < 1.29 is 32.5 Å². The van der Waals surface area contributed by atoms with Crippen LogP contribution >= 0.6 is 11.6 Å². The van der Waals surface area contributed by atoms with Crippen LogP contribution in [0.2, 0.25) is 5.02 Å². The van der Waals surface area contributed by atoms with Gasteiger partial charge in [-0.2, -0.15) is 13.2 Å². The molecule has 13 heteroatoms. The zero-order valence-electron chi connectivity index (χ0n) is 24.6. The second kappa shape index (κ2) is 13.1. The summed E-state index contributed by atoms with van der Waals surface area (Å²) in [6, 6.07) is 10.6. The summed E-state index contributed by atoms with van der Waals surface area (Å²) < 4.78 is 50.8. The zero-order chi connectivity index (χ0) is 32.2. The Labute approximate surface area is 257 Å². The lowest BCUT2D eigenvalue weighted by molar-refractivity contribution is -0.137. The van der Waals surface area contributed by atoms with Gasteiger partial charge in [-0.3, -0.25) is 4.79 Å². The Morgan fingerprint density at radius 2 is 1.82 bits per heavy atom. The van der Waals surface area contributed by atoms with E-state index in [2.05, 4.69) is 20.6 Å². The molecule has 0 spiro atoms. The van der Waals surface area contributed by atoms with Crippen LogP contribution < -0.4 is 20.1 Å². The number of carbonyl (C=O) groups is 1. The number of fused-ring (bicyclic) bond motifs is 1. The maximum absolute atomic E-state index is 13.2. The number of nitrogens with zero attached hydrogens (tertiary/aromatic N) is 3. The largest absolute Gasteiger partial charge is 0.494 e. The van der Waals surface area contributed by atoms with Crippen molar-refractivity contribution in [2.24, 2.45) is 0 Å². The van der Waals surface area contributed by atoms with E-state index in [1.165, 1.54) is 57.6 Å². The predicted molar refractivity (Wildman–Crippen MR) is 164 cm³/mol. The van der Waals surface area contributed by atoms with E-state index < -0.39 is 17.3 Å². The Morgan fingerprint density at radius 3 is 2.48 bits per heavy atom. The summed E-state index contributed by atoms with van der Waals surface area (Å²) >= 11 is 6.52. The van der Waals surface area contributed by atoms with Crippen molar-refractivity contribution >= 4 is 45.6 Å². The highest BCUT2D eigenvalue weighted by atomic mass is 35.5. The summed E-state index contributed by atoms with van der Waals surface area (Å²) in [6.07, 6.45) is -0.0695. The molecule has 0 aliphatic carbocycles. The van der Waals surface area contributed by atoms with Gasteiger partial charge in [0.1, 0.15) is 29.4 Å². The average molecular weight is 630 g/mol. The molecule has 9 nitrogen and oxygen atoms in total. The summed E-state index contributed by atoms with van der Waals surface area (Å²) in [7, 11) is 5.24. The maximum Gasteiger partial charge on any atom is 0.416 e. The molecule has 4 rings (SSSR count). The third-order valence-corrected chi connectivity index (χ3v) is 6.62. The van der Waals surface area contributed by atoms with Crippen molar-refractivity contribution in [1.82, 2.24) is 14.9 Å². The number of carbonyl (C=O) groups excluding carboxylic acids is 1. The maximum atomic E-state index is 13.2. The number of aromatic nitrogens is 2. The van der Waals surface area contributed by atoms with Crippen molar-refractivity contribution in [1.29, 1.82) is 0 Å². The van der Waals surface area contributed by atoms with Crippen molar-refractivity contribution in [3.05, 3.63) is 83.2 Å². The molecule has 44 heavy (non-hydrogen) atoms. The molecule has 3 N–H and O–H groups in total. The van der Waals surface area contributed by atoms with Gasteiger partial charge < -0.3 is 30.1 Å². The number of likely N-dealkylation sites (N-methyl/N-ethyl adjacent to an activating group) is 1. The lowest BCUT2D eigenvalue weighted by Crippen LogP contribution is -2.18. The molecule has 0 bridgehead atoms. The minimum absolute atomic E-state index is 0.0401. The van der Waals surface area contributed by atoms with Gasteiger partial charge in [-0.1, -0.05) is 23.7 Å². The van der Waals surface area contributed by atoms with Gasteiger partial charge in [0.05, 0.1) is 34.5 Å². The number of hydrogen-bond acceptors (Lipinski definition) is 8. The fraction of sp³-hybridized carbons (Fsp3) is 0.258. The van der Waals surface area contributed by atoms with Gasteiger partial charge in [-0.25, -0.2) is 9.97 Å². The summed E-state index contributed by atoms with van der Waals surface area (Å²) in [5.41, 5.74) is -0.762. The lowest BCUT2D eigenvalue weighted by atomic mass is 9.96. The van der Waals surface area contributed by atoms with Crippen LogP contribution in [0.5, 0.6) is 17.2 Å². The topological polar surface area (TPSA) is 109 Å². The smallest absolute Gasteiger partial charge is 0.416 e. The van der Waals surface area contributed by atoms with Crippen LogP contribution in [-0.2, 0) is 16.6 Å². The Kier molecular flexibility index (Phi) is 9.67. The van der Waals surface area contributed by atoms with Crippen molar-refractivity contribution in [2.45, 2.75) is 25.6 Å². The number of rotatable bonds is 10. The van der Waals surface area contributed by atoms with Crippen LogP contribution in [-0.4, -0.2) is 53.6 Å². The summed E-state index contributed by atoms with van der Waals surface area (Å²) in [4.78, 5) is 23.2. The first-order chi connectivity index (χ1) is 20.7. The van der Waals surface area contributed by atoms with E-state index >= 15 is 0 Å². The van der Waals surface area contributed by atoms with Crippen LogP contribution in [0.25, 0.3) is 10.9 Å². The van der Waals surface area contributed by atoms with Gasteiger partial charge in [-0.05, 0) is 64.3 Å². The van der Waals surface area contributed by atoms with Crippen LogP contribution in [0, 0.1) is 0 Å². The summed E-state index contributed by atoms with van der Waals surface area (Å²) in [5, 5.41) is 17.6. The molecule has 0 aliphatic rings. The number of nitrogens with one attached hydrogen (secondary N) is 2. The highest BCUT2D eigenvalue weighted by molar-refractivity contribution is 6.32. The number of aliphatic hydroxyl groups is 1. The molecule has 0 aliphatic heterocycles. The number of methoxy groups -OCH3 is 1. The monoisotopic (exact) mass is 629 g/mol. The van der Waals surface area contributed by atoms with E-state index in [-0.39, 0.29) is 22.4 Å². The molecule has 3 aromatic carbocycles. The average Bonchev–Trinajstić information content (AvgIpc) is 2.93. The molecule has 0 radical (unpaired) electrons. The first-order valence-electron chi connectivity index (χ1n) is 13.3. The van der Waals surface area contributed by atoms with E-state index in [9.17, 15) is 23.1 Å². The Bertz CT molecular complexity index is 1700. The van der Waals surface area contributed by atoms with Crippen LogP contribution in [0.15, 0.2) is 67.0 Å². The number of alkyl halides is 3. The molecule has 1 aromatic heterocycles. The van der Waals surface area contributed by atoms with E-state index in [0.29, 0.717) is 46.0 Å². The number of anilines is 3. The van der Waals surface area contributed by atoms with Gasteiger partial charge in [0.2, 0.25) is 5.91 Å². The summed E-state index contributed by atoms with van der Waals surface area (Å²) in [6.45, 7) is 3.66. The molecule has 4 aromatic rings. The second-order valence-electron chi connectivity index (χ2n) is 10.6. The molecule has 0 saturated carbocycles. The van der Waals surface area contributed by atoms with Gasteiger partial charge in [0, 0.05) is 35.3 Å². The first kappa shape index (κ1) is 32.5. The molecule has 1 heterocycles. The number of hydrogen-bond donors (Lipinski definition) is 3.